The lowest BCUT2D eigenvalue weighted by Crippen LogP contribution is -3.00. The van der Waals surface area contributed by atoms with Crippen molar-refractivity contribution in [1.82, 2.24) is 0 Å². The summed E-state index contributed by atoms with van der Waals surface area (Å²) in [4.78, 5) is 0. The van der Waals surface area contributed by atoms with Crippen LogP contribution in [0.3, 0.4) is 0 Å². The van der Waals surface area contributed by atoms with Gasteiger partial charge in [-0.05, 0) is 0 Å². The number of hydrogen-bond acceptors (Lipinski definition) is 4. The molecule has 0 aliphatic rings. The van der Waals surface area contributed by atoms with Gasteiger partial charge in [0.2, 0.25) is 0 Å². The molecule has 8 heteroatoms. The zero-order valence-corrected chi connectivity index (χ0v) is 22.1. The SMILES string of the molecule is O/N=C(/c1ccccc1)c1cc[n+](CCC[n+]2ccc(/C(=N\O)c3ccccc3)cc2)cc1.[Br-].[Br-]. The fourth-order valence-electron chi connectivity index (χ4n) is 3.72. The molecule has 6 nitrogen and oxygen atoms in total. The highest BCUT2D eigenvalue weighted by molar-refractivity contribution is 6.12. The molecule has 0 unspecified atom stereocenters. The van der Waals surface area contributed by atoms with Gasteiger partial charge in [0.1, 0.15) is 11.4 Å². The Bertz CT molecular complexity index is 1130. The number of aromatic nitrogens is 2. The Labute approximate surface area is 226 Å². The summed E-state index contributed by atoms with van der Waals surface area (Å²) in [5.74, 6) is 0. The minimum absolute atomic E-state index is 0. The fraction of sp³-hybridized carbons (Fsp3) is 0.111. The molecule has 0 atom stereocenters. The van der Waals surface area contributed by atoms with Gasteiger partial charge in [-0.15, -0.1) is 0 Å². The average molecular weight is 598 g/mol. The molecule has 0 saturated heterocycles. The highest BCUT2D eigenvalue weighted by Gasteiger charge is 2.12. The molecule has 4 aromatic rings. The normalized spacial score (nSPS) is 11.3. The van der Waals surface area contributed by atoms with Crippen LogP contribution >= 0.6 is 0 Å². The number of rotatable bonds is 8. The summed E-state index contributed by atoms with van der Waals surface area (Å²) < 4.78 is 4.23. The molecule has 0 bridgehead atoms. The van der Waals surface area contributed by atoms with E-state index in [2.05, 4.69) is 19.4 Å². The lowest BCUT2D eigenvalue weighted by atomic mass is 10.0. The highest BCUT2D eigenvalue weighted by Crippen LogP contribution is 2.10. The molecular weight excluding hydrogens is 572 g/mol. The Morgan fingerprint density at radius 2 is 0.829 bits per heavy atom. The second-order valence-electron chi connectivity index (χ2n) is 7.63. The lowest BCUT2D eigenvalue weighted by Gasteiger charge is -2.05. The summed E-state index contributed by atoms with van der Waals surface area (Å²) in [6.45, 7) is 1.72. The Balaban J connectivity index is 0.00000216. The van der Waals surface area contributed by atoms with Gasteiger partial charge in [0, 0.05) is 46.5 Å². The molecule has 0 aliphatic carbocycles. The number of halogens is 2. The molecule has 35 heavy (non-hydrogen) atoms. The van der Waals surface area contributed by atoms with Crippen molar-refractivity contribution in [2.24, 2.45) is 10.3 Å². The maximum Gasteiger partial charge on any atom is 0.169 e. The molecule has 0 fully saturated rings. The highest BCUT2D eigenvalue weighted by atomic mass is 79.9. The van der Waals surface area contributed by atoms with Crippen molar-refractivity contribution in [2.45, 2.75) is 19.5 Å². The minimum atomic E-state index is 0. The van der Waals surface area contributed by atoms with Crippen LogP contribution in [0.2, 0.25) is 0 Å². The van der Waals surface area contributed by atoms with E-state index < -0.39 is 0 Å². The number of oxime groups is 2. The molecule has 2 N–H and O–H groups in total. The smallest absolute Gasteiger partial charge is 0.169 e. The molecule has 2 heterocycles. The van der Waals surface area contributed by atoms with Crippen LogP contribution in [-0.2, 0) is 13.1 Å². The summed E-state index contributed by atoms with van der Waals surface area (Å²) in [5.41, 5.74) is 4.59. The molecule has 0 amide bonds. The van der Waals surface area contributed by atoms with E-state index >= 15 is 0 Å². The second-order valence-corrected chi connectivity index (χ2v) is 7.63. The molecule has 4 rings (SSSR count). The Hall–Kier alpha value is -3.36. The maximum atomic E-state index is 9.46. The monoisotopic (exact) mass is 596 g/mol. The first-order valence-electron chi connectivity index (χ1n) is 10.8. The molecule has 0 aliphatic heterocycles. The standard InChI is InChI=1S/C27H24N4O2.2BrH/c32-28-26(22-8-3-1-4-9-22)24-12-18-30(19-13-24)16-7-17-31-20-14-25(15-21-31)27(29-33)23-10-5-2-6-11-23;;/h1-6,8-15,18-21H,7,16-17H2;2*1H. The first-order valence-corrected chi connectivity index (χ1v) is 10.8. The van der Waals surface area contributed by atoms with Gasteiger partial charge in [-0.25, -0.2) is 9.13 Å². The topological polar surface area (TPSA) is 72.9 Å². The molecular formula is C27H26Br2N4O2. The third kappa shape index (κ3) is 7.31. The number of pyridine rings is 2. The maximum absolute atomic E-state index is 9.46. The van der Waals surface area contributed by atoms with Gasteiger partial charge in [0.15, 0.2) is 37.9 Å². The van der Waals surface area contributed by atoms with Crippen molar-refractivity contribution >= 4 is 11.4 Å². The lowest BCUT2D eigenvalue weighted by molar-refractivity contribution is -0.726. The van der Waals surface area contributed by atoms with Crippen molar-refractivity contribution in [3.05, 3.63) is 132 Å². The molecule has 180 valence electrons. The van der Waals surface area contributed by atoms with Crippen molar-refractivity contribution in [3.8, 4) is 0 Å². The van der Waals surface area contributed by atoms with Gasteiger partial charge in [0.25, 0.3) is 0 Å². The number of benzene rings is 2. The molecule has 0 radical (unpaired) electrons. The quantitative estimate of drug-likeness (QED) is 0.105. The van der Waals surface area contributed by atoms with Crippen LogP contribution in [0, 0.1) is 0 Å². The van der Waals surface area contributed by atoms with E-state index in [-0.39, 0.29) is 34.0 Å². The number of nitrogens with zero attached hydrogens (tertiary/aromatic N) is 4. The predicted octanol–water partition coefficient (Wildman–Crippen LogP) is -2.19. The predicted molar refractivity (Wildman–Crippen MR) is 126 cm³/mol. The van der Waals surface area contributed by atoms with E-state index in [1.807, 2.05) is 110 Å². The van der Waals surface area contributed by atoms with Crippen molar-refractivity contribution in [1.29, 1.82) is 0 Å². The minimum Gasteiger partial charge on any atom is -1.00 e. The van der Waals surface area contributed by atoms with Crippen LogP contribution in [-0.4, -0.2) is 21.8 Å². The van der Waals surface area contributed by atoms with Crippen molar-refractivity contribution in [3.63, 3.8) is 0 Å². The molecule has 2 aromatic carbocycles. The van der Waals surface area contributed by atoms with E-state index in [1.54, 1.807) is 0 Å². The second kappa shape index (κ2) is 14.1. The van der Waals surface area contributed by atoms with E-state index in [4.69, 9.17) is 0 Å². The zero-order valence-electron chi connectivity index (χ0n) is 19.0. The largest absolute Gasteiger partial charge is 1.00 e. The van der Waals surface area contributed by atoms with Crippen LogP contribution in [0.1, 0.15) is 28.7 Å². The van der Waals surface area contributed by atoms with E-state index in [1.165, 1.54) is 0 Å². The van der Waals surface area contributed by atoms with Gasteiger partial charge in [-0.2, -0.15) is 0 Å². The molecule has 0 spiro atoms. The number of aryl methyl sites for hydroxylation is 2. The first kappa shape index (κ1) is 27.9. The average Bonchev–Trinajstić information content (AvgIpc) is 2.88. The van der Waals surface area contributed by atoms with E-state index in [0.717, 1.165) is 41.8 Å². The van der Waals surface area contributed by atoms with Gasteiger partial charge >= 0.3 is 0 Å². The van der Waals surface area contributed by atoms with E-state index in [9.17, 15) is 10.4 Å². The molecule has 2 aromatic heterocycles. The summed E-state index contributed by atoms with van der Waals surface area (Å²) in [7, 11) is 0. The van der Waals surface area contributed by atoms with Crippen molar-refractivity contribution < 1.29 is 53.5 Å². The van der Waals surface area contributed by atoms with E-state index in [0.29, 0.717) is 11.4 Å². The third-order valence-electron chi connectivity index (χ3n) is 5.46. The van der Waals surface area contributed by atoms with Gasteiger partial charge < -0.3 is 44.4 Å². The van der Waals surface area contributed by atoms with Gasteiger partial charge in [0.05, 0.1) is 6.42 Å². The van der Waals surface area contributed by atoms with Crippen molar-refractivity contribution in [2.75, 3.05) is 0 Å². The Morgan fingerprint density at radius 3 is 1.14 bits per heavy atom. The summed E-state index contributed by atoms with van der Waals surface area (Å²) in [6, 6.07) is 27.1. The fourth-order valence-corrected chi connectivity index (χ4v) is 3.72. The summed E-state index contributed by atoms with van der Waals surface area (Å²) >= 11 is 0. The van der Waals surface area contributed by atoms with Crippen LogP contribution in [0.4, 0.5) is 0 Å². The zero-order chi connectivity index (χ0) is 22.9. The molecule has 0 saturated carbocycles. The summed E-state index contributed by atoms with van der Waals surface area (Å²) in [6.07, 6.45) is 8.96. The number of hydrogen-bond donors (Lipinski definition) is 2. The van der Waals surface area contributed by atoms with Gasteiger partial charge in [-0.1, -0.05) is 71.0 Å². The third-order valence-corrected chi connectivity index (χ3v) is 5.46. The summed E-state index contributed by atoms with van der Waals surface area (Å²) in [5, 5.41) is 25.9. The van der Waals surface area contributed by atoms with Crippen LogP contribution < -0.4 is 43.1 Å². The van der Waals surface area contributed by atoms with Crippen LogP contribution in [0.5, 0.6) is 0 Å². The Morgan fingerprint density at radius 1 is 0.514 bits per heavy atom. The Kier molecular flexibility index (Phi) is 11.3. The van der Waals surface area contributed by atoms with Gasteiger partial charge in [-0.3, -0.25) is 0 Å². The first-order chi connectivity index (χ1) is 16.3. The van der Waals surface area contributed by atoms with Crippen LogP contribution in [0.15, 0.2) is 120 Å². The van der Waals surface area contributed by atoms with Crippen LogP contribution in [0.25, 0.3) is 0 Å².